The fourth-order valence-corrected chi connectivity index (χ4v) is 5.13. The van der Waals surface area contributed by atoms with Crippen molar-refractivity contribution in [1.82, 2.24) is 5.32 Å². The number of hydrogen-bond acceptors (Lipinski definition) is 6. The summed E-state index contributed by atoms with van der Waals surface area (Å²) in [4.78, 5) is 37.9. The molecule has 1 aromatic rings. The molecule has 9 heteroatoms. The standard InChI is InChI=1S/C19H24N2O6S/c1-2-13-3-5-16(6-4-13)21-10-14(9-18(21)23)19(24)27-11-17(22)20-15-7-8-28(25,26)12-15/h3-6,14-15H,2,7-12H2,1H3,(H,20,22)/t14-,15-/m1/s1. The number of nitrogens with zero attached hydrogens (tertiary/aromatic N) is 1. The van der Waals surface area contributed by atoms with Crippen LogP contribution in [0.15, 0.2) is 24.3 Å². The van der Waals surface area contributed by atoms with Gasteiger partial charge in [-0.3, -0.25) is 14.4 Å². The van der Waals surface area contributed by atoms with Gasteiger partial charge in [-0.05, 0) is 30.5 Å². The number of ether oxygens (including phenoxy) is 1. The first-order valence-electron chi connectivity index (χ1n) is 9.33. The summed E-state index contributed by atoms with van der Waals surface area (Å²) in [5, 5.41) is 2.56. The third-order valence-corrected chi connectivity index (χ3v) is 6.83. The summed E-state index contributed by atoms with van der Waals surface area (Å²) in [5.41, 5.74) is 1.89. The van der Waals surface area contributed by atoms with E-state index in [4.69, 9.17) is 4.74 Å². The number of sulfone groups is 1. The summed E-state index contributed by atoms with van der Waals surface area (Å²) in [6.07, 6.45) is 1.31. The summed E-state index contributed by atoms with van der Waals surface area (Å²) >= 11 is 0. The van der Waals surface area contributed by atoms with Crippen molar-refractivity contribution < 1.29 is 27.5 Å². The molecule has 0 saturated carbocycles. The van der Waals surface area contributed by atoms with Crippen molar-refractivity contribution in [3.8, 4) is 0 Å². The average molecular weight is 408 g/mol. The molecule has 28 heavy (non-hydrogen) atoms. The molecule has 0 bridgehead atoms. The van der Waals surface area contributed by atoms with Crippen LogP contribution in [-0.2, 0) is 35.4 Å². The van der Waals surface area contributed by atoms with Crippen molar-refractivity contribution >= 4 is 33.3 Å². The van der Waals surface area contributed by atoms with Crippen molar-refractivity contribution in [2.45, 2.75) is 32.2 Å². The van der Waals surface area contributed by atoms with Crippen molar-refractivity contribution in [1.29, 1.82) is 0 Å². The molecule has 152 valence electrons. The van der Waals surface area contributed by atoms with Crippen LogP contribution in [0.25, 0.3) is 0 Å². The molecule has 3 rings (SSSR count). The Labute approximate surface area is 164 Å². The highest BCUT2D eigenvalue weighted by Gasteiger charge is 2.36. The first kappa shape index (κ1) is 20.3. The number of amides is 2. The first-order valence-corrected chi connectivity index (χ1v) is 11.2. The molecule has 2 heterocycles. The number of carbonyl (C=O) groups is 3. The van der Waals surface area contributed by atoms with Gasteiger partial charge in [0.15, 0.2) is 16.4 Å². The van der Waals surface area contributed by atoms with Crippen LogP contribution >= 0.6 is 0 Å². The number of aryl methyl sites for hydroxylation is 1. The third-order valence-electron chi connectivity index (χ3n) is 5.06. The Balaban J connectivity index is 1.48. The second-order valence-electron chi connectivity index (χ2n) is 7.20. The van der Waals surface area contributed by atoms with E-state index in [0.29, 0.717) is 6.42 Å². The zero-order chi connectivity index (χ0) is 20.3. The monoisotopic (exact) mass is 408 g/mol. The third kappa shape index (κ3) is 4.89. The zero-order valence-corrected chi connectivity index (χ0v) is 16.5. The van der Waals surface area contributed by atoms with E-state index in [1.54, 1.807) is 4.90 Å². The molecule has 2 atom stereocenters. The molecule has 0 aliphatic carbocycles. The van der Waals surface area contributed by atoms with Crippen LogP contribution < -0.4 is 10.2 Å². The predicted molar refractivity (Wildman–Crippen MR) is 102 cm³/mol. The van der Waals surface area contributed by atoms with E-state index in [1.165, 1.54) is 0 Å². The summed E-state index contributed by atoms with van der Waals surface area (Å²) < 4.78 is 27.8. The molecule has 2 fully saturated rings. The van der Waals surface area contributed by atoms with Crippen molar-refractivity contribution in [2.24, 2.45) is 5.92 Å². The molecule has 1 aromatic carbocycles. The van der Waals surface area contributed by atoms with Gasteiger partial charge in [-0.25, -0.2) is 8.42 Å². The fraction of sp³-hybridized carbons (Fsp3) is 0.526. The minimum absolute atomic E-state index is 0.0385. The normalized spacial score (nSPS) is 23.6. The van der Waals surface area contributed by atoms with Gasteiger partial charge in [0.25, 0.3) is 5.91 Å². The van der Waals surface area contributed by atoms with Crippen LogP contribution in [0.3, 0.4) is 0 Å². The zero-order valence-electron chi connectivity index (χ0n) is 15.7. The summed E-state index contributed by atoms with van der Waals surface area (Å²) in [7, 11) is -3.09. The lowest BCUT2D eigenvalue weighted by atomic mass is 10.1. The molecule has 0 aromatic heterocycles. The highest BCUT2D eigenvalue weighted by molar-refractivity contribution is 7.91. The van der Waals surface area contributed by atoms with Crippen LogP contribution in [0.2, 0.25) is 0 Å². The second-order valence-corrected chi connectivity index (χ2v) is 9.43. The van der Waals surface area contributed by atoms with Gasteiger partial charge in [0.1, 0.15) is 0 Å². The summed E-state index contributed by atoms with van der Waals surface area (Å²) in [6, 6.07) is 7.16. The Morgan fingerprint density at radius 2 is 1.96 bits per heavy atom. The number of carbonyl (C=O) groups excluding carboxylic acids is 3. The summed E-state index contributed by atoms with van der Waals surface area (Å²) in [5.74, 6) is -1.96. The quantitative estimate of drug-likeness (QED) is 0.685. The molecule has 2 amide bonds. The van der Waals surface area contributed by atoms with Gasteiger partial charge in [0, 0.05) is 24.7 Å². The van der Waals surface area contributed by atoms with E-state index in [1.807, 2.05) is 31.2 Å². The Bertz CT molecular complexity index is 865. The molecule has 0 unspecified atom stereocenters. The second kappa shape index (κ2) is 8.30. The largest absolute Gasteiger partial charge is 0.455 e. The van der Waals surface area contributed by atoms with Gasteiger partial charge >= 0.3 is 5.97 Å². The van der Waals surface area contributed by atoms with Gasteiger partial charge in [-0.15, -0.1) is 0 Å². The van der Waals surface area contributed by atoms with E-state index >= 15 is 0 Å². The van der Waals surface area contributed by atoms with Gasteiger partial charge in [0.05, 0.1) is 17.4 Å². The first-order chi connectivity index (χ1) is 13.3. The highest BCUT2D eigenvalue weighted by Crippen LogP contribution is 2.26. The van der Waals surface area contributed by atoms with E-state index in [0.717, 1.165) is 17.7 Å². The van der Waals surface area contributed by atoms with E-state index in [-0.39, 0.29) is 30.4 Å². The van der Waals surface area contributed by atoms with Crippen molar-refractivity contribution in [3.63, 3.8) is 0 Å². The number of hydrogen-bond donors (Lipinski definition) is 1. The highest BCUT2D eigenvalue weighted by atomic mass is 32.2. The molecule has 0 spiro atoms. The Kier molecular flexibility index (Phi) is 6.02. The average Bonchev–Trinajstić information content (AvgIpc) is 3.21. The van der Waals surface area contributed by atoms with Gasteiger partial charge in [0.2, 0.25) is 5.91 Å². The van der Waals surface area contributed by atoms with E-state index < -0.39 is 40.3 Å². The Morgan fingerprint density at radius 3 is 2.57 bits per heavy atom. The predicted octanol–water partition coefficient (Wildman–Crippen LogP) is 0.448. The van der Waals surface area contributed by atoms with Crippen LogP contribution in [0.1, 0.15) is 25.3 Å². The van der Waals surface area contributed by atoms with Crippen molar-refractivity contribution in [2.75, 3.05) is 29.6 Å². The molecule has 0 radical (unpaired) electrons. The molecule has 1 N–H and O–H groups in total. The van der Waals surface area contributed by atoms with Crippen LogP contribution in [0.5, 0.6) is 0 Å². The van der Waals surface area contributed by atoms with Gasteiger partial charge < -0.3 is 15.0 Å². The molecular formula is C19H24N2O6S. The van der Waals surface area contributed by atoms with Crippen LogP contribution in [0.4, 0.5) is 5.69 Å². The minimum Gasteiger partial charge on any atom is -0.455 e. The van der Waals surface area contributed by atoms with Gasteiger partial charge in [-0.1, -0.05) is 19.1 Å². The van der Waals surface area contributed by atoms with Crippen LogP contribution in [0, 0.1) is 5.92 Å². The van der Waals surface area contributed by atoms with E-state index in [9.17, 15) is 22.8 Å². The fourth-order valence-electron chi connectivity index (χ4n) is 3.46. The molecule has 8 nitrogen and oxygen atoms in total. The van der Waals surface area contributed by atoms with Gasteiger partial charge in [-0.2, -0.15) is 0 Å². The molecule has 2 saturated heterocycles. The number of nitrogens with one attached hydrogen (secondary N) is 1. The Hall–Kier alpha value is -2.42. The maximum Gasteiger partial charge on any atom is 0.311 e. The summed E-state index contributed by atoms with van der Waals surface area (Å²) in [6.45, 7) is 1.78. The lowest BCUT2D eigenvalue weighted by Crippen LogP contribution is -2.38. The van der Waals surface area contributed by atoms with Crippen molar-refractivity contribution in [3.05, 3.63) is 29.8 Å². The number of rotatable bonds is 6. The SMILES string of the molecule is CCc1ccc(N2C[C@H](C(=O)OCC(=O)N[C@@H]3CCS(=O)(=O)C3)CC2=O)cc1. The smallest absolute Gasteiger partial charge is 0.311 e. The minimum atomic E-state index is -3.09. The molecule has 2 aliphatic rings. The lowest BCUT2D eigenvalue weighted by Gasteiger charge is -2.17. The maximum absolute atomic E-state index is 12.3. The van der Waals surface area contributed by atoms with E-state index in [2.05, 4.69) is 5.32 Å². The lowest BCUT2D eigenvalue weighted by molar-refractivity contribution is -0.152. The topological polar surface area (TPSA) is 110 Å². The number of anilines is 1. The Morgan fingerprint density at radius 1 is 1.25 bits per heavy atom. The number of esters is 1. The number of benzene rings is 1. The molecular weight excluding hydrogens is 384 g/mol. The molecule has 2 aliphatic heterocycles. The van der Waals surface area contributed by atoms with Crippen LogP contribution in [-0.4, -0.2) is 56.9 Å². The maximum atomic E-state index is 12.3.